The summed E-state index contributed by atoms with van der Waals surface area (Å²) in [6.45, 7) is 2.30. The highest BCUT2D eigenvalue weighted by molar-refractivity contribution is 6.35. The van der Waals surface area contributed by atoms with Crippen LogP contribution in [0, 0.1) is 18.3 Å². The molecule has 0 spiro atoms. The van der Waals surface area contributed by atoms with Gasteiger partial charge in [0, 0.05) is 15.6 Å². The lowest BCUT2D eigenvalue weighted by Gasteiger charge is -2.12. The largest absolute Gasteiger partial charge is 0.493 e. The van der Waals surface area contributed by atoms with Crippen molar-refractivity contribution >= 4 is 34.9 Å². The van der Waals surface area contributed by atoms with E-state index in [1.54, 1.807) is 19.2 Å². The van der Waals surface area contributed by atoms with Crippen molar-refractivity contribution < 1.29 is 9.47 Å². The fourth-order valence-electron chi connectivity index (χ4n) is 2.77. The molecule has 3 aromatic carbocycles. The van der Waals surface area contributed by atoms with Crippen molar-refractivity contribution in [2.24, 2.45) is 0 Å². The maximum atomic E-state index is 9.55. The van der Waals surface area contributed by atoms with Crippen molar-refractivity contribution in [3.05, 3.63) is 93.0 Å². The maximum absolute atomic E-state index is 9.55. The minimum Gasteiger partial charge on any atom is -0.493 e. The first-order chi connectivity index (χ1) is 14.0. The lowest BCUT2D eigenvalue weighted by atomic mass is 10.0. The van der Waals surface area contributed by atoms with Crippen molar-refractivity contribution in [2.75, 3.05) is 7.11 Å². The van der Waals surface area contributed by atoms with E-state index in [4.69, 9.17) is 32.7 Å². The number of benzene rings is 3. The van der Waals surface area contributed by atoms with Gasteiger partial charge in [-0.2, -0.15) is 5.26 Å². The predicted molar refractivity (Wildman–Crippen MR) is 118 cm³/mol. The Morgan fingerprint density at radius 2 is 1.76 bits per heavy atom. The van der Waals surface area contributed by atoms with E-state index in [0.29, 0.717) is 27.1 Å². The van der Waals surface area contributed by atoms with Gasteiger partial charge in [-0.25, -0.2) is 0 Å². The minimum atomic E-state index is 0.286. The van der Waals surface area contributed by atoms with Crippen LogP contribution >= 0.6 is 23.2 Å². The van der Waals surface area contributed by atoms with Gasteiger partial charge in [0.2, 0.25) is 0 Å². The SMILES string of the molecule is COc1cc(/C=C(/C#N)c2ccc(C)cc2)ccc1OCc1ccc(Cl)cc1Cl. The van der Waals surface area contributed by atoms with Crippen molar-refractivity contribution in [2.45, 2.75) is 13.5 Å². The van der Waals surface area contributed by atoms with Gasteiger partial charge in [-0.05, 0) is 48.4 Å². The molecule has 3 rings (SSSR count). The number of methoxy groups -OCH3 is 1. The normalized spacial score (nSPS) is 11.1. The number of hydrogen-bond donors (Lipinski definition) is 0. The predicted octanol–water partition coefficient (Wildman–Crippen LogP) is 6.95. The van der Waals surface area contributed by atoms with Crippen LogP contribution in [-0.2, 0) is 6.61 Å². The molecule has 0 aliphatic rings. The summed E-state index contributed by atoms with van der Waals surface area (Å²) in [5.41, 5.74) is 4.27. The first-order valence-corrected chi connectivity index (χ1v) is 9.69. The molecule has 3 nitrogen and oxygen atoms in total. The van der Waals surface area contributed by atoms with E-state index >= 15 is 0 Å². The molecule has 5 heteroatoms. The molecule has 0 saturated heterocycles. The summed E-state index contributed by atoms with van der Waals surface area (Å²) in [7, 11) is 1.58. The van der Waals surface area contributed by atoms with Gasteiger partial charge in [-0.1, -0.05) is 65.2 Å². The summed E-state index contributed by atoms with van der Waals surface area (Å²) < 4.78 is 11.3. The van der Waals surface area contributed by atoms with Gasteiger partial charge in [0.25, 0.3) is 0 Å². The molecular weight excluding hydrogens is 405 g/mol. The third-order valence-corrected chi connectivity index (χ3v) is 4.97. The zero-order valence-electron chi connectivity index (χ0n) is 16.1. The summed E-state index contributed by atoms with van der Waals surface area (Å²) in [6.07, 6.45) is 1.83. The van der Waals surface area contributed by atoms with Crippen LogP contribution in [0.5, 0.6) is 11.5 Å². The zero-order valence-corrected chi connectivity index (χ0v) is 17.6. The number of allylic oxidation sites excluding steroid dienone is 1. The van der Waals surface area contributed by atoms with Crippen LogP contribution in [-0.4, -0.2) is 7.11 Å². The monoisotopic (exact) mass is 423 g/mol. The van der Waals surface area contributed by atoms with Crippen LogP contribution in [0.2, 0.25) is 10.0 Å². The topological polar surface area (TPSA) is 42.2 Å². The number of nitrogens with zero attached hydrogens (tertiary/aromatic N) is 1. The molecular formula is C24H19Cl2NO2. The van der Waals surface area contributed by atoms with E-state index in [1.807, 2.05) is 61.5 Å². The molecule has 0 atom stereocenters. The molecule has 0 N–H and O–H groups in total. The Kier molecular flexibility index (Phi) is 6.82. The summed E-state index contributed by atoms with van der Waals surface area (Å²) in [4.78, 5) is 0. The molecule has 3 aromatic rings. The zero-order chi connectivity index (χ0) is 20.8. The number of halogens is 2. The van der Waals surface area contributed by atoms with Crippen molar-refractivity contribution in [3.63, 3.8) is 0 Å². The summed E-state index contributed by atoms with van der Waals surface area (Å²) in [5, 5.41) is 10.7. The second kappa shape index (κ2) is 9.52. The summed E-state index contributed by atoms with van der Waals surface area (Å²) >= 11 is 12.1. The molecule has 146 valence electrons. The molecule has 0 radical (unpaired) electrons. The van der Waals surface area contributed by atoms with Gasteiger partial charge in [-0.15, -0.1) is 0 Å². The van der Waals surface area contributed by atoms with Crippen molar-refractivity contribution in [3.8, 4) is 17.6 Å². The average Bonchev–Trinajstić information content (AvgIpc) is 2.72. The minimum absolute atomic E-state index is 0.286. The van der Waals surface area contributed by atoms with Gasteiger partial charge in [0.1, 0.15) is 6.61 Å². The molecule has 0 fully saturated rings. The van der Waals surface area contributed by atoms with Gasteiger partial charge in [-0.3, -0.25) is 0 Å². The van der Waals surface area contributed by atoms with E-state index in [0.717, 1.165) is 22.3 Å². The number of aryl methyl sites for hydroxylation is 1. The Balaban J connectivity index is 1.82. The van der Waals surface area contributed by atoms with Crippen LogP contribution in [0.4, 0.5) is 0 Å². The molecule has 0 heterocycles. The lowest BCUT2D eigenvalue weighted by Crippen LogP contribution is -1.98. The fraction of sp³-hybridized carbons (Fsp3) is 0.125. The first-order valence-electron chi connectivity index (χ1n) is 8.94. The van der Waals surface area contributed by atoms with Gasteiger partial charge < -0.3 is 9.47 Å². The standard InChI is InChI=1S/C24H19Cl2NO2/c1-16-3-6-18(7-4-16)20(14-27)11-17-5-10-23(24(12-17)28-2)29-15-19-8-9-21(25)13-22(19)26/h3-13H,15H2,1-2H3/b20-11-. The number of rotatable bonds is 6. The van der Waals surface area contributed by atoms with Crippen LogP contribution in [0.1, 0.15) is 22.3 Å². The third-order valence-electron chi connectivity index (χ3n) is 4.38. The van der Waals surface area contributed by atoms with E-state index in [2.05, 4.69) is 6.07 Å². The number of nitriles is 1. The summed E-state index contributed by atoms with van der Waals surface area (Å²) in [6, 6.07) is 20.9. The van der Waals surface area contributed by atoms with Gasteiger partial charge >= 0.3 is 0 Å². The second-order valence-corrected chi connectivity index (χ2v) is 7.31. The van der Waals surface area contributed by atoms with Gasteiger partial charge in [0.05, 0.1) is 18.8 Å². The fourth-order valence-corrected chi connectivity index (χ4v) is 3.23. The Morgan fingerprint density at radius 3 is 2.41 bits per heavy atom. The van der Waals surface area contributed by atoms with Crippen molar-refractivity contribution in [1.29, 1.82) is 5.26 Å². The molecule has 29 heavy (non-hydrogen) atoms. The average molecular weight is 424 g/mol. The number of ether oxygens (including phenoxy) is 2. The highest BCUT2D eigenvalue weighted by Gasteiger charge is 2.09. The van der Waals surface area contributed by atoms with E-state index in [9.17, 15) is 5.26 Å². The Bertz CT molecular complexity index is 1080. The molecule has 0 saturated carbocycles. The third kappa shape index (κ3) is 5.32. The second-order valence-electron chi connectivity index (χ2n) is 6.47. The first kappa shape index (κ1) is 20.8. The lowest BCUT2D eigenvalue weighted by molar-refractivity contribution is 0.284. The van der Waals surface area contributed by atoms with E-state index in [1.165, 1.54) is 0 Å². The van der Waals surface area contributed by atoms with Crippen LogP contribution in [0.15, 0.2) is 60.7 Å². The molecule has 0 aliphatic heterocycles. The Hall–Kier alpha value is -2.93. The summed E-state index contributed by atoms with van der Waals surface area (Å²) in [5.74, 6) is 1.16. The highest BCUT2D eigenvalue weighted by Crippen LogP contribution is 2.31. The molecule has 0 aliphatic carbocycles. The van der Waals surface area contributed by atoms with Crippen LogP contribution < -0.4 is 9.47 Å². The smallest absolute Gasteiger partial charge is 0.161 e. The van der Waals surface area contributed by atoms with E-state index < -0.39 is 0 Å². The molecule has 0 unspecified atom stereocenters. The molecule has 0 amide bonds. The van der Waals surface area contributed by atoms with E-state index in [-0.39, 0.29) is 6.61 Å². The Morgan fingerprint density at radius 1 is 1.00 bits per heavy atom. The van der Waals surface area contributed by atoms with Crippen LogP contribution in [0.25, 0.3) is 11.6 Å². The Labute approximate surface area is 180 Å². The molecule has 0 aromatic heterocycles. The number of hydrogen-bond acceptors (Lipinski definition) is 3. The highest BCUT2D eigenvalue weighted by atomic mass is 35.5. The quantitative estimate of drug-likeness (QED) is 0.318. The van der Waals surface area contributed by atoms with Crippen LogP contribution in [0.3, 0.4) is 0 Å². The van der Waals surface area contributed by atoms with Crippen molar-refractivity contribution in [1.82, 2.24) is 0 Å². The maximum Gasteiger partial charge on any atom is 0.161 e. The van der Waals surface area contributed by atoms with Gasteiger partial charge in [0.15, 0.2) is 11.5 Å². The molecule has 0 bridgehead atoms.